The number of morpholine rings is 1. The number of hydrogen-bond acceptors (Lipinski definition) is 3. The molecule has 1 heterocycles. The molecule has 0 spiro atoms. The molecule has 1 saturated heterocycles. The fourth-order valence-electron chi connectivity index (χ4n) is 3.66. The molecule has 0 bridgehead atoms. The molecule has 1 saturated carbocycles. The summed E-state index contributed by atoms with van der Waals surface area (Å²) in [6.45, 7) is 3.50. The quantitative estimate of drug-likeness (QED) is 0.427. The van der Waals surface area contributed by atoms with E-state index in [1.54, 1.807) is 0 Å². The van der Waals surface area contributed by atoms with Crippen LogP contribution in [0.1, 0.15) is 30.4 Å². The van der Waals surface area contributed by atoms with Gasteiger partial charge in [0.15, 0.2) is 5.96 Å². The van der Waals surface area contributed by atoms with E-state index in [9.17, 15) is 0 Å². The van der Waals surface area contributed by atoms with Crippen LogP contribution in [0.5, 0.6) is 0 Å². The maximum atomic E-state index is 6.04. The Morgan fingerprint density at radius 1 is 1.29 bits per heavy atom. The zero-order valence-electron chi connectivity index (χ0n) is 14.0. The summed E-state index contributed by atoms with van der Waals surface area (Å²) in [6.07, 6.45) is 6.50. The first-order valence-electron chi connectivity index (χ1n) is 8.82. The third kappa shape index (κ3) is 4.40. The van der Waals surface area contributed by atoms with Crippen molar-refractivity contribution in [2.24, 2.45) is 10.7 Å². The Balaban J connectivity index is 0.00000169. The highest BCUT2D eigenvalue weighted by molar-refractivity contribution is 14.0. The van der Waals surface area contributed by atoms with Crippen molar-refractivity contribution in [3.05, 3.63) is 29.3 Å². The number of nitrogens with two attached hydrogens (primary N) is 1. The third-order valence-electron chi connectivity index (χ3n) is 5.07. The number of anilines is 1. The van der Waals surface area contributed by atoms with Crippen LogP contribution in [0, 0.1) is 0 Å². The Morgan fingerprint density at radius 3 is 2.96 bits per heavy atom. The molecule has 0 aromatic heterocycles. The van der Waals surface area contributed by atoms with Gasteiger partial charge in [-0.25, -0.2) is 0 Å². The van der Waals surface area contributed by atoms with E-state index in [4.69, 9.17) is 10.5 Å². The molecule has 6 heteroatoms. The van der Waals surface area contributed by atoms with E-state index in [-0.39, 0.29) is 30.1 Å². The van der Waals surface area contributed by atoms with Crippen molar-refractivity contribution in [3.63, 3.8) is 0 Å². The smallest absolute Gasteiger partial charge is 0.193 e. The number of guanidine groups is 1. The van der Waals surface area contributed by atoms with Gasteiger partial charge in [-0.05, 0) is 55.4 Å². The van der Waals surface area contributed by atoms with Crippen molar-refractivity contribution in [2.45, 2.75) is 44.2 Å². The second-order valence-corrected chi connectivity index (χ2v) is 6.91. The highest BCUT2D eigenvalue weighted by Crippen LogP contribution is 2.28. The minimum absolute atomic E-state index is 0. The van der Waals surface area contributed by atoms with E-state index < -0.39 is 0 Å². The normalized spacial score (nSPS) is 24.3. The standard InChI is InChI=1S/C18H26N4O.HI/c19-18(21-15-5-4-13-2-1-3-14(13)10-15)20-11-17-12-22(8-9-23-17)16-6-7-16;/h4-5,10,16-17H,1-3,6-9,11-12H2,(H3,19,20,21);1H. The Labute approximate surface area is 161 Å². The van der Waals surface area contributed by atoms with Crippen molar-refractivity contribution in [3.8, 4) is 0 Å². The summed E-state index contributed by atoms with van der Waals surface area (Å²) in [6, 6.07) is 7.30. The predicted octanol–water partition coefficient (Wildman–Crippen LogP) is 2.38. The molecular weight excluding hydrogens is 415 g/mol. The lowest BCUT2D eigenvalue weighted by Gasteiger charge is -2.32. The molecule has 2 aliphatic carbocycles. The van der Waals surface area contributed by atoms with Crippen LogP contribution in [-0.2, 0) is 17.6 Å². The molecule has 0 amide bonds. The number of nitrogens with one attached hydrogen (secondary N) is 1. The van der Waals surface area contributed by atoms with E-state index in [0.29, 0.717) is 12.5 Å². The molecule has 5 nitrogen and oxygen atoms in total. The second kappa shape index (κ2) is 8.01. The van der Waals surface area contributed by atoms with E-state index in [1.165, 1.54) is 43.2 Å². The van der Waals surface area contributed by atoms with Gasteiger partial charge in [0.25, 0.3) is 0 Å². The van der Waals surface area contributed by atoms with Crippen LogP contribution in [0.25, 0.3) is 0 Å². The molecule has 1 unspecified atom stereocenters. The third-order valence-corrected chi connectivity index (χ3v) is 5.07. The van der Waals surface area contributed by atoms with E-state index in [1.807, 2.05) is 0 Å². The molecule has 2 fully saturated rings. The molecule has 132 valence electrons. The van der Waals surface area contributed by atoms with Crippen molar-refractivity contribution in [1.29, 1.82) is 0 Å². The fraction of sp³-hybridized carbons (Fsp3) is 0.611. The molecule has 1 aliphatic heterocycles. The number of benzene rings is 1. The van der Waals surface area contributed by atoms with Gasteiger partial charge >= 0.3 is 0 Å². The van der Waals surface area contributed by atoms with Crippen LogP contribution in [-0.4, -0.2) is 49.2 Å². The summed E-state index contributed by atoms with van der Waals surface area (Å²) in [5.41, 5.74) is 10.00. The minimum Gasteiger partial charge on any atom is -0.374 e. The van der Waals surface area contributed by atoms with Crippen molar-refractivity contribution in [2.75, 3.05) is 31.6 Å². The second-order valence-electron chi connectivity index (χ2n) is 6.91. The Hall–Kier alpha value is -0.860. The summed E-state index contributed by atoms with van der Waals surface area (Å²) in [7, 11) is 0. The molecule has 3 aliphatic rings. The zero-order valence-corrected chi connectivity index (χ0v) is 16.4. The lowest BCUT2D eigenvalue weighted by molar-refractivity contribution is -0.0258. The SMILES string of the molecule is I.NC(=NCC1CN(C2CC2)CCO1)Nc1ccc2c(c1)CCC2. The first-order valence-corrected chi connectivity index (χ1v) is 8.82. The monoisotopic (exact) mass is 442 g/mol. The van der Waals surface area contributed by atoms with Crippen LogP contribution in [0.2, 0.25) is 0 Å². The number of fused-ring (bicyclic) bond motifs is 1. The van der Waals surface area contributed by atoms with Crippen LogP contribution >= 0.6 is 24.0 Å². The predicted molar refractivity (Wildman–Crippen MR) is 108 cm³/mol. The Bertz CT molecular complexity index is 603. The molecule has 4 rings (SSSR count). The summed E-state index contributed by atoms with van der Waals surface area (Å²) in [5, 5.41) is 3.22. The van der Waals surface area contributed by atoms with E-state index >= 15 is 0 Å². The van der Waals surface area contributed by atoms with Gasteiger partial charge in [-0.3, -0.25) is 9.89 Å². The van der Waals surface area contributed by atoms with Gasteiger partial charge in [-0.15, -0.1) is 24.0 Å². The van der Waals surface area contributed by atoms with Gasteiger partial charge in [0, 0.05) is 24.8 Å². The molecule has 24 heavy (non-hydrogen) atoms. The average Bonchev–Trinajstić information content (AvgIpc) is 3.32. The van der Waals surface area contributed by atoms with Crippen LogP contribution in [0.3, 0.4) is 0 Å². The van der Waals surface area contributed by atoms with Gasteiger partial charge in [0.05, 0.1) is 19.3 Å². The lowest BCUT2D eigenvalue weighted by atomic mass is 10.1. The van der Waals surface area contributed by atoms with Gasteiger partial charge < -0.3 is 15.8 Å². The van der Waals surface area contributed by atoms with Gasteiger partial charge in [-0.2, -0.15) is 0 Å². The van der Waals surface area contributed by atoms with Gasteiger partial charge in [-0.1, -0.05) is 6.07 Å². The van der Waals surface area contributed by atoms with E-state index in [0.717, 1.165) is 31.4 Å². The van der Waals surface area contributed by atoms with E-state index in [2.05, 4.69) is 33.4 Å². The van der Waals surface area contributed by atoms with Gasteiger partial charge in [0.1, 0.15) is 0 Å². The number of nitrogens with zero attached hydrogens (tertiary/aromatic N) is 2. The van der Waals surface area contributed by atoms with Crippen molar-refractivity contribution < 1.29 is 4.74 Å². The molecule has 3 N–H and O–H groups in total. The molecule has 1 aromatic carbocycles. The summed E-state index contributed by atoms with van der Waals surface area (Å²) in [5.74, 6) is 0.482. The number of ether oxygens (including phenoxy) is 1. The Morgan fingerprint density at radius 2 is 2.12 bits per heavy atom. The summed E-state index contributed by atoms with van der Waals surface area (Å²) < 4.78 is 5.82. The fourth-order valence-corrected chi connectivity index (χ4v) is 3.66. The maximum Gasteiger partial charge on any atom is 0.193 e. The number of rotatable bonds is 4. The van der Waals surface area contributed by atoms with Gasteiger partial charge in [0.2, 0.25) is 0 Å². The average molecular weight is 442 g/mol. The van der Waals surface area contributed by atoms with Crippen LogP contribution in [0.15, 0.2) is 23.2 Å². The summed E-state index contributed by atoms with van der Waals surface area (Å²) >= 11 is 0. The first-order chi connectivity index (χ1) is 11.3. The Kier molecular flexibility index (Phi) is 5.99. The largest absolute Gasteiger partial charge is 0.374 e. The van der Waals surface area contributed by atoms with Crippen molar-refractivity contribution in [1.82, 2.24) is 4.90 Å². The van der Waals surface area contributed by atoms with Crippen LogP contribution in [0.4, 0.5) is 5.69 Å². The molecular formula is C18H27IN4O. The highest BCUT2D eigenvalue weighted by Gasteiger charge is 2.32. The highest BCUT2D eigenvalue weighted by atomic mass is 127. The van der Waals surface area contributed by atoms with Crippen molar-refractivity contribution >= 4 is 35.6 Å². The minimum atomic E-state index is 0. The molecule has 1 atom stereocenters. The topological polar surface area (TPSA) is 62.9 Å². The number of aliphatic imine (C=N–C) groups is 1. The first kappa shape index (κ1) is 17.9. The lowest BCUT2D eigenvalue weighted by Crippen LogP contribution is -2.45. The molecule has 1 aromatic rings. The number of aryl methyl sites for hydroxylation is 2. The maximum absolute atomic E-state index is 6.04. The number of hydrogen-bond donors (Lipinski definition) is 2. The number of halogens is 1. The molecule has 0 radical (unpaired) electrons. The van der Waals surface area contributed by atoms with Crippen LogP contribution < -0.4 is 11.1 Å². The zero-order chi connectivity index (χ0) is 15.6. The summed E-state index contributed by atoms with van der Waals surface area (Å²) in [4.78, 5) is 7.02.